The smallest absolute Gasteiger partial charge is 0.258 e. The third-order valence-electron chi connectivity index (χ3n) is 6.19. The molecule has 8 heteroatoms. The van der Waals surface area contributed by atoms with E-state index in [4.69, 9.17) is 0 Å². The van der Waals surface area contributed by atoms with E-state index in [1.807, 2.05) is 36.4 Å². The predicted molar refractivity (Wildman–Crippen MR) is 137 cm³/mol. The van der Waals surface area contributed by atoms with Crippen molar-refractivity contribution in [2.45, 2.75) is 31.6 Å². The molecule has 0 aromatic heterocycles. The average Bonchev–Trinajstić information content (AvgIpc) is 2.89. The maximum atomic E-state index is 13.1. The van der Waals surface area contributed by atoms with Crippen molar-refractivity contribution in [3.8, 4) is 0 Å². The predicted octanol–water partition coefficient (Wildman–Crippen LogP) is 4.56. The first-order chi connectivity index (χ1) is 16.8. The number of benzene rings is 3. The van der Waals surface area contributed by atoms with Gasteiger partial charge in [-0.3, -0.25) is 9.59 Å². The number of amides is 2. The summed E-state index contributed by atoms with van der Waals surface area (Å²) in [5.74, 6) is -0.423. The van der Waals surface area contributed by atoms with E-state index < -0.39 is 10.0 Å². The van der Waals surface area contributed by atoms with Gasteiger partial charge in [0.15, 0.2) is 0 Å². The standard InChI is InChI=1S/C27H29N3O4S/c1-3-29(4-2)35(33,34)24-16-13-21(14-17-24)26(31)28-23-15-12-20-11-8-18-30(25(20)19-23)27(32)22-9-6-5-7-10-22/h5-7,9-10,12-17,19H,3-4,8,11,18H2,1-2H3,(H,28,31). The summed E-state index contributed by atoms with van der Waals surface area (Å²) in [7, 11) is -3.59. The fourth-order valence-corrected chi connectivity index (χ4v) is 5.75. The Morgan fingerprint density at radius 2 is 1.60 bits per heavy atom. The first-order valence-electron chi connectivity index (χ1n) is 11.8. The molecule has 0 atom stereocenters. The molecule has 7 nitrogen and oxygen atoms in total. The number of anilines is 2. The third kappa shape index (κ3) is 5.13. The Labute approximate surface area is 206 Å². The summed E-state index contributed by atoms with van der Waals surface area (Å²) in [6, 6.07) is 20.7. The number of hydrogen-bond acceptors (Lipinski definition) is 4. The molecule has 0 saturated carbocycles. The number of sulfonamides is 1. The molecule has 0 aliphatic carbocycles. The number of hydrogen-bond donors (Lipinski definition) is 1. The molecule has 1 heterocycles. The number of nitrogens with zero attached hydrogens (tertiary/aromatic N) is 2. The van der Waals surface area contributed by atoms with Crippen molar-refractivity contribution in [1.82, 2.24) is 4.31 Å². The van der Waals surface area contributed by atoms with Crippen LogP contribution in [0.3, 0.4) is 0 Å². The number of carbonyl (C=O) groups excluding carboxylic acids is 2. The van der Waals surface area contributed by atoms with Crippen LogP contribution in [0.2, 0.25) is 0 Å². The maximum absolute atomic E-state index is 13.1. The van der Waals surface area contributed by atoms with Gasteiger partial charge in [0.2, 0.25) is 10.0 Å². The van der Waals surface area contributed by atoms with Gasteiger partial charge in [-0.25, -0.2) is 8.42 Å². The van der Waals surface area contributed by atoms with Gasteiger partial charge in [-0.15, -0.1) is 0 Å². The zero-order valence-electron chi connectivity index (χ0n) is 19.9. The van der Waals surface area contributed by atoms with E-state index in [1.165, 1.54) is 28.6 Å². The Morgan fingerprint density at radius 3 is 2.26 bits per heavy atom. The van der Waals surface area contributed by atoms with Gasteiger partial charge >= 0.3 is 0 Å². The van der Waals surface area contributed by atoms with Crippen LogP contribution in [0.25, 0.3) is 0 Å². The molecular weight excluding hydrogens is 462 g/mol. The molecule has 35 heavy (non-hydrogen) atoms. The summed E-state index contributed by atoms with van der Waals surface area (Å²) >= 11 is 0. The van der Waals surface area contributed by atoms with Crippen LogP contribution in [0.4, 0.5) is 11.4 Å². The first-order valence-corrected chi connectivity index (χ1v) is 13.2. The van der Waals surface area contributed by atoms with Crippen LogP contribution in [0.15, 0.2) is 77.7 Å². The number of nitrogens with one attached hydrogen (secondary N) is 1. The van der Waals surface area contributed by atoms with E-state index in [9.17, 15) is 18.0 Å². The minimum atomic E-state index is -3.59. The Morgan fingerprint density at radius 1 is 0.914 bits per heavy atom. The lowest BCUT2D eigenvalue weighted by Gasteiger charge is -2.30. The van der Waals surface area contributed by atoms with Gasteiger partial charge in [0.1, 0.15) is 0 Å². The maximum Gasteiger partial charge on any atom is 0.258 e. The van der Waals surface area contributed by atoms with Crippen molar-refractivity contribution in [3.63, 3.8) is 0 Å². The van der Waals surface area contributed by atoms with Crippen LogP contribution in [0.1, 0.15) is 46.5 Å². The van der Waals surface area contributed by atoms with Crippen molar-refractivity contribution in [1.29, 1.82) is 0 Å². The quantitative estimate of drug-likeness (QED) is 0.525. The van der Waals surface area contributed by atoms with Gasteiger partial charge in [-0.2, -0.15) is 4.31 Å². The zero-order chi connectivity index (χ0) is 25.0. The molecule has 4 rings (SSSR count). The lowest BCUT2D eigenvalue weighted by molar-refractivity contribution is 0.0984. The monoisotopic (exact) mass is 491 g/mol. The van der Waals surface area contributed by atoms with Crippen molar-refractivity contribution in [3.05, 3.63) is 89.5 Å². The van der Waals surface area contributed by atoms with Crippen molar-refractivity contribution >= 4 is 33.2 Å². The first kappa shape index (κ1) is 24.6. The van der Waals surface area contributed by atoms with Crippen LogP contribution < -0.4 is 10.2 Å². The second-order valence-electron chi connectivity index (χ2n) is 8.34. The molecule has 1 N–H and O–H groups in total. The zero-order valence-corrected chi connectivity index (χ0v) is 20.7. The van der Waals surface area contributed by atoms with E-state index in [-0.39, 0.29) is 16.7 Å². The van der Waals surface area contributed by atoms with E-state index in [2.05, 4.69) is 5.32 Å². The third-order valence-corrected chi connectivity index (χ3v) is 8.25. The highest BCUT2D eigenvalue weighted by Gasteiger charge is 2.25. The summed E-state index contributed by atoms with van der Waals surface area (Å²) in [5, 5.41) is 2.87. The number of carbonyl (C=O) groups is 2. The summed E-state index contributed by atoms with van der Waals surface area (Å²) in [5.41, 5.74) is 3.39. The van der Waals surface area contributed by atoms with Crippen molar-refractivity contribution in [2.75, 3.05) is 29.9 Å². The highest BCUT2D eigenvalue weighted by atomic mass is 32.2. The van der Waals surface area contributed by atoms with Gasteiger partial charge in [-0.1, -0.05) is 38.1 Å². The average molecular weight is 492 g/mol. The molecule has 3 aromatic rings. The molecule has 0 radical (unpaired) electrons. The Kier molecular flexibility index (Phi) is 7.33. The minimum absolute atomic E-state index is 0.0694. The minimum Gasteiger partial charge on any atom is -0.322 e. The second-order valence-corrected chi connectivity index (χ2v) is 10.3. The summed E-state index contributed by atoms with van der Waals surface area (Å²) < 4.78 is 26.7. The molecule has 0 unspecified atom stereocenters. The molecule has 3 aromatic carbocycles. The molecule has 2 amide bonds. The van der Waals surface area contributed by atoms with E-state index in [1.54, 1.807) is 30.9 Å². The fourth-order valence-electron chi connectivity index (χ4n) is 4.29. The van der Waals surface area contributed by atoms with Crippen LogP contribution >= 0.6 is 0 Å². The van der Waals surface area contributed by atoms with Crippen LogP contribution in [0.5, 0.6) is 0 Å². The van der Waals surface area contributed by atoms with Crippen molar-refractivity contribution < 1.29 is 18.0 Å². The number of fused-ring (bicyclic) bond motifs is 1. The summed E-state index contributed by atoms with van der Waals surface area (Å²) in [4.78, 5) is 27.9. The van der Waals surface area contributed by atoms with Crippen molar-refractivity contribution in [2.24, 2.45) is 0 Å². The highest BCUT2D eigenvalue weighted by Crippen LogP contribution is 2.31. The highest BCUT2D eigenvalue weighted by molar-refractivity contribution is 7.89. The fraction of sp³-hybridized carbons (Fsp3) is 0.259. The largest absolute Gasteiger partial charge is 0.322 e. The van der Waals surface area contributed by atoms with Crippen LogP contribution in [-0.2, 0) is 16.4 Å². The molecule has 1 aliphatic rings. The Bertz CT molecular complexity index is 1320. The molecule has 0 bridgehead atoms. The van der Waals surface area contributed by atoms with Gasteiger partial charge in [0, 0.05) is 42.1 Å². The Balaban J connectivity index is 1.53. The van der Waals surface area contributed by atoms with E-state index >= 15 is 0 Å². The Hall–Kier alpha value is -3.49. The molecule has 182 valence electrons. The van der Waals surface area contributed by atoms with E-state index in [0.29, 0.717) is 36.4 Å². The normalized spacial score (nSPS) is 13.4. The lowest BCUT2D eigenvalue weighted by atomic mass is 10.00. The second kappa shape index (κ2) is 10.4. The molecule has 1 aliphatic heterocycles. The SMILES string of the molecule is CCN(CC)S(=O)(=O)c1ccc(C(=O)Nc2ccc3c(c2)N(C(=O)c2ccccc2)CCC3)cc1. The van der Waals surface area contributed by atoms with Crippen LogP contribution in [-0.4, -0.2) is 44.2 Å². The van der Waals surface area contributed by atoms with Gasteiger partial charge in [0.25, 0.3) is 11.8 Å². The van der Waals surface area contributed by atoms with Gasteiger partial charge < -0.3 is 10.2 Å². The van der Waals surface area contributed by atoms with Gasteiger partial charge in [-0.05, 0) is 66.9 Å². The molecule has 0 fully saturated rings. The topological polar surface area (TPSA) is 86.8 Å². The number of rotatable bonds is 7. The lowest BCUT2D eigenvalue weighted by Crippen LogP contribution is -2.35. The van der Waals surface area contributed by atoms with Crippen LogP contribution in [0, 0.1) is 0 Å². The van der Waals surface area contributed by atoms with E-state index in [0.717, 1.165) is 24.1 Å². The number of aryl methyl sites for hydroxylation is 1. The molecule has 0 saturated heterocycles. The van der Waals surface area contributed by atoms with Gasteiger partial charge in [0.05, 0.1) is 4.90 Å². The summed E-state index contributed by atoms with van der Waals surface area (Å²) in [6.07, 6.45) is 1.74. The molecule has 0 spiro atoms. The summed E-state index contributed by atoms with van der Waals surface area (Å²) in [6.45, 7) is 4.94. The molecular formula is C27H29N3O4S.